The van der Waals surface area contributed by atoms with Crippen molar-refractivity contribution in [3.05, 3.63) is 36.7 Å². The number of nitrogens with zero attached hydrogens (tertiary/aromatic N) is 3. The van der Waals surface area contributed by atoms with Gasteiger partial charge in [-0.1, -0.05) is 0 Å². The fourth-order valence-corrected chi connectivity index (χ4v) is 1.65. The summed E-state index contributed by atoms with van der Waals surface area (Å²) in [5.74, 6) is 0. The lowest BCUT2D eigenvalue weighted by Crippen LogP contribution is -2.18. The lowest BCUT2D eigenvalue weighted by Gasteiger charge is -1.96. The topological polar surface area (TPSA) is 87.5 Å². The molecule has 6 nitrogen and oxygen atoms in total. The summed E-state index contributed by atoms with van der Waals surface area (Å²) in [6, 6.07) is 0. The van der Waals surface area contributed by atoms with Gasteiger partial charge in [-0.15, -0.1) is 4.52 Å². The maximum absolute atomic E-state index is 5.47. The lowest BCUT2D eigenvalue weighted by atomic mass is 10.2. The Kier molecular flexibility index (Phi) is 1.94. The molecule has 0 radical (unpaired) electrons. The van der Waals surface area contributed by atoms with E-state index >= 15 is 0 Å². The highest BCUT2D eigenvalue weighted by molar-refractivity contribution is 5.70. The van der Waals surface area contributed by atoms with Gasteiger partial charge in [0.25, 0.3) is 0 Å². The average Bonchev–Trinajstić information content (AvgIpc) is 2.91. The van der Waals surface area contributed by atoms with Crippen molar-refractivity contribution in [1.29, 1.82) is 0 Å². The van der Waals surface area contributed by atoms with Gasteiger partial charge in [0.2, 0.25) is 0 Å². The molecule has 16 heavy (non-hydrogen) atoms. The Labute approximate surface area is 91.1 Å². The van der Waals surface area contributed by atoms with E-state index in [1.54, 1.807) is 12.4 Å². The molecule has 0 saturated heterocycles. The van der Waals surface area contributed by atoms with Gasteiger partial charge in [0.05, 0.1) is 30.0 Å². The zero-order valence-electron chi connectivity index (χ0n) is 8.51. The van der Waals surface area contributed by atoms with E-state index in [0.717, 1.165) is 22.6 Å². The van der Waals surface area contributed by atoms with Gasteiger partial charge in [-0.3, -0.25) is 9.97 Å². The van der Waals surface area contributed by atoms with E-state index in [0.29, 0.717) is 6.54 Å². The Hall–Kier alpha value is -2.21. The predicted molar refractivity (Wildman–Crippen MR) is 57.2 cm³/mol. The second-order valence-corrected chi connectivity index (χ2v) is 3.46. The van der Waals surface area contributed by atoms with Gasteiger partial charge in [-0.25, -0.2) is 10.1 Å². The molecule has 0 bridgehead atoms. The van der Waals surface area contributed by atoms with E-state index in [1.165, 1.54) is 0 Å². The molecule has 3 heterocycles. The molecule has 80 valence electrons. The number of rotatable bonds is 2. The number of aromatic nitrogens is 5. The second-order valence-electron chi connectivity index (χ2n) is 3.46. The van der Waals surface area contributed by atoms with Gasteiger partial charge in [0, 0.05) is 6.54 Å². The summed E-state index contributed by atoms with van der Waals surface area (Å²) in [7, 11) is 0. The maximum Gasteiger partial charge on any atom is 0.314 e. The van der Waals surface area contributed by atoms with Crippen molar-refractivity contribution in [1.82, 2.24) is 20.1 Å². The molecule has 0 amide bonds. The zero-order valence-corrected chi connectivity index (χ0v) is 8.51. The Bertz CT molecular complexity index is 606. The molecule has 0 atom stereocenters. The minimum absolute atomic E-state index is 0.410. The van der Waals surface area contributed by atoms with Crippen LogP contribution in [0, 0.1) is 0 Å². The van der Waals surface area contributed by atoms with E-state index in [4.69, 9.17) is 5.73 Å². The van der Waals surface area contributed by atoms with Crippen LogP contribution < -0.4 is 10.2 Å². The number of imidazole rings is 1. The van der Waals surface area contributed by atoms with Crippen LogP contribution in [0.15, 0.2) is 31.0 Å². The van der Waals surface area contributed by atoms with Gasteiger partial charge in [0.15, 0.2) is 6.20 Å². The van der Waals surface area contributed by atoms with Crippen molar-refractivity contribution in [2.24, 2.45) is 5.73 Å². The molecule has 0 fully saturated rings. The summed E-state index contributed by atoms with van der Waals surface area (Å²) in [6.07, 6.45) is 9.07. The third-order valence-electron chi connectivity index (χ3n) is 2.48. The number of aromatic amines is 2. The summed E-state index contributed by atoms with van der Waals surface area (Å²) in [6.45, 7) is 0.410. The van der Waals surface area contributed by atoms with Crippen molar-refractivity contribution in [3.63, 3.8) is 0 Å². The van der Waals surface area contributed by atoms with Crippen LogP contribution in [-0.2, 0) is 6.54 Å². The van der Waals surface area contributed by atoms with Gasteiger partial charge < -0.3 is 5.73 Å². The molecule has 0 aliphatic carbocycles. The fourth-order valence-electron chi connectivity index (χ4n) is 1.65. The second kappa shape index (κ2) is 3.42. The summed E-state index contributed by atoms with van der Waals surface area (Å²) in [4.78, 5) is 11.7. The highest BCUT2D eigenvalue weighted by Gasteiger charge is 2.14. The van der Waals surface area contributed by atoms with Crippen LogP contribution in [0.1, 0.15) is 5.69 Å². The van der Waals surface area contributed by atoms with Crippen molar-refractivity contribution < 1.29 is 4.52 Å². The number of nitrogens with two attached hydrogens (primary N) is 1. The van der Waals surface area contributed by atoms with E-state index in [2.05, 4.69) is 20.1 Å². The van der Waals surface area contributed by atoms with Crippen LogP contribution in [0.4, 0.5) is 0 Å². The van der Waals surface area contributed by atoms with Crippen molar-refractivity contribution in [3.8, 4) is 11.3 Å². The summed E-state index contributed by atoms with van der Waals surface area (Å²) < 4.78 is 1.88. The maximum atomic E-state index is 5.47. The van der Waals surface area contributed by atoms with Gasteiger partial charge in [0.1, 0.15) is 11.8 Å². The van der Waals surface area contributed by atoms with Crippen LogP contribution in [0.3, 0.4) is 0 Å². The molecule has 3 rings (SSSR count). The standard InChI is InChI=1S/C10H10N6/c11-3-7-4-14-9(6-13-7)8-5-15-16-2-1-12-10(8)16/h1-2,4-6H,3,11H2,(H,12,14,15)/p+1. The Morgan fingerprint density at radius 3 is 3.00 bits per heavy atom. The molecule has 3 aromatic heterocycles. The summed E-state index contributed by atoms with van der Waals surface area (Å²) in [5.41, 5.74) is 9.03. The third kappa shape index (κ3) is 1.28. The van der Waals surface area contributed by atoms with E-state index < -0.39 is 0 Å². The molecule has 0 saturated carbocycles. The molecule has 4 N–H and O–H groups in total. The lowest BCUT2D eigenvalue weighted by molar-refractivity contribution is -0.574. The van der Waals surface area contributed by atoms with Crippen LogP contribution in [0.5, 0.6) is 0 Å². The van der Waals surface area contributed by atoms with E-state index in [-0.39, 0.29) is 0 Å². The Morgan fingerprint density at radius 2 is 2.25 bits per heavy atom. The van der Waals surface area contributed by atoms with Crippen molar-refractivity contribution in [2.75, 3.05) is 0 Å². The number of nitrogens with one attached hydrogen (secondary N) is 2. The monoisotopic (exact) mass is 215 g/mol. The summed E-state index contributed by atoms with van der Waals surface area (Å²) >= 11 is 0. The fraction of sp³-hybridized carbons (Fsp3) is 0.100. The first kappa shape index (κ1) is 9.05. The first-order chi connectivity index (χ1) is 7.88. The zero-order chi connectivity index (χ0) is 11.0. The minimum Gasteiger partial charge on any atom is -0.325 e. The molecule has 0 unspecified atom stereocenters. The van der Waals surface area contributed by atoms with Gasteiger partial charge in [-0.05, 0) is 0 Å². The van der Waals surface area contributed by atoms with Crippen LogP contribution in [-0.4, -0.2) is 20.1 Å². The first-order valence-corrected chi connectivity index (χ1v) is 4.96. The predicted octanol–water partition coefficient (Wildman–Crippen LogP) is -0.00280. The Morgan fingerprint density at radius 1 is 1.31 bits per heavy atom. The van der Waals surface area contributed by atoms with Gasteiger partial charge >= 0.3 is 5.65 Å². The number of hydrogen-bond acceptors (Lipinski definition) is 3. The van der Waals surface area contributed by atoms with E-state index in [9.17, 15) is 0 Å². The normalized spacial score (nSPS) is 11.1. The average molecular weight is 215 g/mol. The van der Waals surface area contributed by atoms with Crippen LogP contribution >= 0.6 is 0 Å². The third-order valence-corrected chi connectivity index (χ3v) is 2.48. The first-order valence-electron chi connectivity index (χ1n) is 4.96. The van der Waals surface area contributed by atoms with Gasteiger partial charge in [-0.2, -0.15) is 0 Å². The molecule has 6 heteroatoms. The largest absolute Gasteiger partial charge is 0.325 e. The molecule has 0 aliphatic heterocycles. The molecular formula is C10H11N6+. The highest BCUT2D eigenvalue weighted by atomic mass is 15.2. The minimum atomic E-state index is 0.410. The molecule has 0 spiro atoms. The highest BCUT2D eigenvalue weighted by Crippen LogP contribution is 2.17. The molecular weight excluding hydrogens is 204 g/mol. The number of H-pyrrole nitrogens is 2. The van der Waals surface area contributed by atoms with Crippen molar-refractivity contribution >= 4 is 5.65 Å². The smallest absolute Gasteiger partial charge is 0.314 e. The van der Waals surface area contributed by atoms with Crippen LogP contribution in [0.2, 0.25) is 0 Å². The SMILES string of the molecule is NCc1cnc(-c2c[nH][n+]3cc[nH]c23)cn1. The molecule has 3 aromatic rings. The summed E-state index contributed by atoms with van der Waals surface area (Å²) in [5, 5.41) is 3.09. The van der Waals surface area contributed by atoms with E-state index in [1.807, 2.05) is 23.1 Å². The molecule has 0 aliphatic rings. The van der Waals surface area contributed by atoms with Crippen LogP contribution in [0.25, 0.3) is 16.9 Å². The van der Waals surface area contributed by atoms with Crippen molar-refractivity contribution in [2.45, 2.75) is 6.54 Å². The molecule has 0 aromatic carbocycles. The quantitative estimate of drug-likeness (QED) is 0.526. The number of fused-ring (bicyclic) bond motifs is 1. The Balaban J connectivity index is 2.12. The number of hydrogen-bond donors (Lipinski definition) is 3.